The van der Waals surface area contributed by atoms with Gasteiger partial charge in [-0.3, -0.25) is 0 Å². The van der Waals surface area contributed by atoms with Crippen LogP contribution in [0.25, 0.3) is 0 Å². The molecular formula is C13H10N2O2S. The molecule has 0 spiro atoms. The first-order valence-electron chi connectivity index (χ1n) is 5.43. The summed E-state index contributed by atoms with van der Waals surface area (Å²) >= 11 is 0. The Labute approximate surface area is 105 Å². The zero-order valence-corrected chi connectivity index (χ0v) is 10.2. The van der Waals surface area contributed by atoms with Gasteiger partial charge >= 0.3 is 0 Å². The van der Waals surface area contributed by atoms with Crippen LogP contribution in [0, 0.1) is 0 Å². The summed E-state index contributed by atoms with van der Waals surface area (Å²) in [7, 11) is -3.52. The minimum Gasteiger partial charge on any atom is -0.200 e. The first-order chi connectivity index (χ1) is 8.68. The third-order valence-corrected chi connectivity index (χ3v) is 4.02. The van der Waals surface area contributed by atoms with Crippen LogP contribution in [-0.2, 0) is 10.0 Å². The van der Waals surface area contributed by atoms with Gasteiger partial charge in [-0.1, -0.05) is 48.5 Å². The minimum absolute atomic E-state index is 0.263. The van der Waals surface area contributed by atoms with E-state index in [0.29, 0.717) is 11.3 Å². The third-order valence-electron chi connectivity index (χ3n) is 2.76. The molecule has 0 radical (unpaired) electrons. The Bertz CT molecular complexity index is 722. The lowest BCUT2D eigenvalue weighted by molar-refractivity contribution is 0.583. The van der Waals surface area contributed by atoms with Crippen LogP contribution in [0.2, 0.25) is 0 Å². The first-order valence-corrected chi connectivity index (χ1v) is 6.91. The molecule has 0 amide bonds. The summed E-state index contributed by atoms with van der Waals surface area (Å²) in [4.78, 5) is 2.49. The van der Waals surface area contributed by atoms with E-state index in [1.54, 1.807) is 24.3 Å². The van der Waals surface area contributed by atoms with Crippen molar-refractivity contribution < 1.29 is 8.42 Å². The Kier molecular flexibility index (Phi) is 2.41. The van der Waals surface area contributed by atoms with E-state index in [1.807, 2.05) is 30.3 Å². The molecule has 1 aliphatic rings. The van der Waals surface area contributed by atoms with Crippen molar-refractivity contribution in [1.29, 1.82) is 0 Å². The lowest BCUT2D eigenvalue weighted by Gasteiger charge is -2.17. The maximum Gasteiger partial charge on any atom is 0.277 e. The molecule has 0 unspecified atom stereocenters. The van der Waals surface area contributed by atoms with Crippen LogP contribution in [0.15, 0.2) is 64.6 Å². The molecule has 2 aromatic carbocycles. The quantitative estimate of drug-likeness (QED) is 0.847. The van der Waals surface area contributed by atoms with E-state index in [2.05, 4.69) is 9.93 Å². The highest BCUT2D eigenvalue weighted by molar-refractivity contribution is 7.89. The topological polar surface area (TPSA) is 58.5 Å². The number of nitrogens with zero attached hydrogens (tertiary/aromatic N) is 1. The zero-order chi connectivity index (χ0) is 12.6. The highest BCUT2D eigenvalue weighted by Gasteiger charge is 2.25. The Morgan fingerprint density at radius 1 is 0.889 bits per heavy atom. The van der Waals surface area contributed by atoms with Gasteiger partial charge in [0.15, 0.2) is 0 Å². The predicted octanol–water partition coefficient (Wildman–Crippen LogP) is 1.73. The number of rotatable bonds is 1. The number of fused-ring (bicyclic) bond motifs is 1. The summed E-state index contributed by atoms with van der Waals surface area (Å²) in [6.45, 7) is 0. The van der Waals surface area contributed by atoms with E-state index < -0.39 is 10.0 Å². The zero-order valence-electron chi connectivity index (χ0n) is 9.37. The molecular weight excluding hydrogens is 248 g/mol. The van der Waals surface area contributed by atoms with Crippen molar-refractivity contribution in [1.82, 2.24) is 4.83 Å². The minimum atomic E-state index is -3.52. The maximum atomic E-state index is 11.8. The lowest BCUT2D eigenvalue weighted by atomic mass is 10.0. The molecule has 0 fully saturated rings. The van der Waals surface area contributed by atoms with E-state index in [4.69, 9.17) is 0 Å². The fraction of sp³-hybridized carbons (Fsp3) is 0. The SMILES string of the molecule is O=S1(=O)NN=C(c2ccccc2)c2ccccc21. The highest BCUT2D eigenvalue weighted by atomic mass is 32.2. The van der Waals surface area contributed by atoms with Gasteiger partial charge in [-0.25, -0.2) is 0 Å². The van der Waals surface area contributed by atoms with Crippen molar-refractivity contribution in [2.24, 2.45) is 5.10 Å². The molecule has 0 saturated carbocycles. The summed E-state index contributed by atoms with van der Waals surface area (Å²) in [6, 6.07) is 16.3. The number of hydrogen-bond donors (Lipinski definition) is 1. The van der Waals surface area contributed by atoms with Gasteiger partial charge in [-0.05, 0) is 6.07 Å². The fourth-order valence-electron chi connectivity index (χ4n) is 1.93. The normalized spacial score (nSPS) is 16.3. The van der Waals surface area contributed by atoms with Crippen LogP contribution in [-0.4, -0.2) is 14.1 Å². The van der Waals surface area contributed by atoms with Gasteiger partial charge in [-0.15, -0.1) is 0 Å². The molecule has 0 aliphatic carbocycles. The van der Waals surface area contributed by atoms with Crippen molar-refractivity contribution in [2.45, 2.75) is 4.90 Å². The van der Waals surface area contributed by atoms with Crippen molar-refractivity contribution >= 4 is 15.7 Å². The molecule has 0 atom stereocenters. The summed E-state index contributed by atoms with van der Waals surface area (Å²) in [5.74, 6) is 0. The van der Waals surface area contributed by atoms with Gasteiger partial charge in [0.25, 0.3) is 10.0 Å². The Balaban J connectivity index is 2.24. The standard InChI is InChI=1S/C13H10N2O2S/c16-18(17)12-9-5-4-8-11(12)13(14-15-18)10-6-2-1-3-7-10/h1-9,15H. The van der Waals surface area contributed by atoms with Crippen LogP contribution in [0.3, 0.4) is 0 Å². The van der Waals surface area contributed by atoms with Crippen molar-refractivity contribution in [2.75, 3.05) is 0 Å². The molecule has 1 aliphatic heterocycles. The van der Waals surface area contributed by atoms with Crippen molar-refractivity contribution in [3.63, 3.8) is 0 Å². The van der Waals surface area contributed by atoms with Crippen LogP contribution < -0.4 is 4.83 Å². The number of hydrazone groups is 1. The van der Waals surface area contributed by atoms with E-state index in [0.717, 1.165) is 5.56 Å². The number of benzene rings is 2. The maximum absolute atomic E-state index is 11.8. The van der Waals surface area contributed by atoms with Gasteiger partial charge in [0.1, 0.15) is 0 Å². The van der Waals surface area contributed by atoms with Gasteiger partial charge in [-0.2, -0.15) is 18.4 Å². The first kappa shape index (κ1) is 11.0. The summed E-state index contributed by atoms with van der Waals surface area (Å²) in [5, 5.41) is 3.97. The predicted molar refractivity (Wildman–Crippen MR) is 68.8 cm³/mol. The van der Waals surface area contributed by atoms with E-state index in [9.17, 15) is 8.42 Å². The molecule has 3 rings (SSSR count). The number of nitrogens with one attached hydrogen (secondary N) is 1. The molecule has 90 valence electrons. The Morgan fingerprint density at radius 2 is 1.56 bits per heavy atom. The van der Waals surface area contributed by atoms with Crippen molar-refractivity contribution in [3.8, 4) is 0 Å². The van der Waals surface area contributed by atoms with Gasteiger partial charge < -0.3 is 0 Å². The van der Waals surface area contributed by atoms with E-state index in [1.165, 1.54) is 0 Å². The fourth-order valence-corrected chi connectivity index (χ4v) is 2.95. The molecule has 2 aromatic rings. The average Bonchev–Trinajstić information content (AvgIpc) is 2.40. The van der Waals surface area contributed by atoms with E-state index >= 15 is 0 Å². The Morgan fingerprint density at radius 3 is 2.33 bits per heavy atom. The second-order valence-electron chi connectivity index (χ2n) is 3.92. The van der Waals surface area contributed by atoms with Crippen LogP contribution in [0.4, 0.5) is 0 Å². The molecule has 18 heavy (non-hydrogen) atoms. The second kappa shape index (κ2) is 3.96. The largest absolute Gasteiger partial charge is 0.277 e. The highest BCUT2D eigenvalue weighted by Crippen LogP contribution is 2.22. The summed E-state index contributed by atoms with van der Waals surface area (Å²) in [5.41, 5.74) is 2.15. The smallest absolute Gasteiger partial charge is 0.200 e. The van der Waals surface area contributed by atoms with Gasteiger partial charge in [0, 0.05) is 11.1 Å². The average molecular weight is 258 g/mol. The molecule has 1 heterocycles. The van der Waals surface area contributed by atoms with Crippen LogP contribution >= 0.6 is 0 Å². The van der Waals surface area contributed by atoms with Crippen molar-refractivity contribution in [3.05, 3.63) is 65.7 Å². The van der Waals surface area contributed by atoms with E-state index in [-0.39, 0.29) is 4.90 Å². The van der Waals surface area contributed by atoms with Gasteiger partial charge in [0.05, 0.1) is 10.6 Å². The molecule has 0 aromatic heterocycles. The molecule has 0 saturated heterocycles. The summed E-state index contributed by atoms with van der Waals surface area (Å²) < 4.78 is 23.7. The summed E-state index contributed by atoms with van der Waals surface area (Å²) in [6.07, 6.45) is 0. The Hall–Kier alpha value is -2.14. The van der Waals surface area contributed by atoms with Crippen LogP contribution in [0.1, 0.15) is 11.1 Å². The molecule has 5 heteroatoms. The molecule has 4 nitrogen and oxygen atoms in total. The molecule has 1 N–H and O–H groups in total. The monoisotopic (exact) mass is 258 g/mol. The van der Waals surface area contributed by atoms with Gasteiger partial charge in [0.2, 0.25) is 0 Å². The third kappa shape index (κ3) is 1.69. The number of hydrogen-bond acceptors (Lipinski definition) is 3. The number of sulfonamides is 1. The van der Waals surface area contributed by atoms with Crippen LogP contribution in [0.5, 0.6) is 0 Å². The molecule has 0 bridgehead atoms. The lowest BCUT2D eigenvalue weighted by Crippen LogP contribution is -2.28. The second-order valence-corrected chi connectivity index (χ2v) is 5.55.